The van der Waals surface area contributed by atoms with Crippen LogP contribution in [0.25, 0.3) is 0 Å². The summed E-state index contributed by atoms with van der Waals surface area (Å²) in [5.41, 5.74) is 0.833. The minimum atomic E-state index is -0.428. The van der Waals surface area contributed by atoms with Gasteiger partial charge in [0.2, 0.25) is 0 Å². The number of nitrogens with one attached hydrogen (secondary N) is 1. The molecule has 126 valence electrons. The van der Waals surface area contributed by atoms with E-state index >= 15 is 0 Å². The molecule has 2 aliphatic heterocycles. The van der Waals surface area contributed by atoms with E-state index < -0.39 is 5.82 Å². The number of hydrogen-bond donors (Lipinski definition) is 1. The van der Waals surface area contributed by atoms with Crippen LogP contribution in [0.5, 0.6) is 0 Å². The number of carbonyl (C=O) groups is 1. The van der Waals surface area contributed by atoms with Crippen molar-refractivity contribution >= 4 is 17.6 Å². The predicted octanol–water partition coefficient (Wildman–Crippen LogP) is 2.27. The van der Waals surface area contributed by atoms with E-state index in [1.807, 2.05) is 13.1 Å². The van der Waals surface area contributed by atoms with Crippen molar-refractivity contribution in [2.75, 3.05) is 39.9 Å². The zero-order valence-corrected chi connectivity index (χ0v) is 13.9. The van der Waals surface area contributed by atoms with Crippen LogP contribution in [-0.2, 0) is 4.74 Å². The maximum absolute atomic E-state index is 13.8. The Kier molecular flexibility index (Phi) is 5.04. The number of hydrogen-bond acceptors (Lipinski definition) is 3. The van der Waals surface area contributed by atoms with Crippen molar-refractivity contribution in [1.29, 1.82) is 0 Å². The smallest absolute Gasteiger partial charge is 0.317 e. The summed E-state index contributed by atoms with van der Waals surface area (Å²) in [6, 6.07) is 4.68. The van der Waals surface area contributed by atoms with Crippen LogP contribution >= 0.6 is 11.6 Å². The fourth-order valence-corrected chi connectivity index (χ4v) is 3.41. The van der Waals surface area contributed by atoms with Gasteiger partial charge in [-0.15, -0.1) is 0 Å². The molecule has 0 aliphatic carbocycles. The molecular weight excluding hydrogens is 321 g/mol. The van der Waals surface area contributed by atoms with Crippen LogP contribution in [0.3, 0.4) is 0 Å². The van der Waals surface area contributed by atoms with Crippen molar-refractivity contribution in [2.24, 2.45) is 0 Å². The Bertz CT molecular complexity index is 580. The molecule has 7 heteroatoms. The number of carbonyl (C=O) groups excluding carboxylic acids is 1. The summed E-state index contributed by atoms with van der Waals surface area (Å²) >= 11 is 5.77. The van der Waals surface area contributed by atoms with Gasteiger partial charge in [-0.3, -0.25) is 4.90 Å². The van der Waals surface area contributed by atoms with Gasteiger partial charge < -0.3 is 15.0 Å². The maximum atomic E-state index is 13.8. The Labute approximate surface area is 140 Å². The van der Waals surface area contributed by atoms with Crippen LogP contribution in [0.15, 0.2) is 18.2 Å². The molecule has 23 heavy (non-hydrogen) atoms. The number of urea groups is 1. The summed E-state index contributed by atoms with van der Waals surface area (Å²) in [6.07, 6.45) is 0.835. The predicted molar refractivity (Wildman–Crippen MR) is 86.1 cm³/mol. The molecule has 0 radical (unpaired) electrons. The number of rotatable bonds is 2. The molecule has 2 fully saturated rings. The Morgan fingerprint density at radius 2 is 2.09 bits per heavy atom. The number of morpholine rings is 1. The molecule has 2 aliphatic rings. The second-order valence-electron chi connectivity index (χ2n) is 6.04. The van der Waals surface area contributed by atoms with Crippen LogP contribution in [0.4, 0.5) is 9.18 Å². The lowest BCUT2D eigenvalue weighted by Crippen LogP contribution is -2.50. The number of likely N-dealkylation sites (N-methyl/N-ethyl adjacent to an activating group) is 1. The minimum absolute atomic E-state index is 0.0454. The van der Waals surface area contributed by atoms with E-state index in [9.17, 15) is 9.18 Å². The molecule has 1 N–H and O–H groups in total. The number of nitrogens with zero attached hydrogens (tertiary/aromatic N) is 2. The van der Waals surface area contributed by atoms with Gasteiger partial charge in [-0.05, 0) is 31.2 Å². The highest BCUT2D eigenvalue weighted by molar-refractivity contribution is 6.30. The largest absolute Gasteiger partial charge is 0.378 e. The molecule has 1 aromatic carbocycles. The summed E-state index contributed by atoms with van der Waals surface area (Å²) in [6.45, 7) is 3.21. The second kappa shape index (κ2) is 7.03. The van der Waals surface area contributed by atoms with Gasteiger partial charge in [0.05, 0.1) is 30.3 Å². The average molecular weight is 342 g/mol. The number of likely N-dealkylation sites (tertiary alicyclic amines) is 1. The monoisotopic (exact) mass is 341 g/mol. The van der Waals surface area contributed by atoms with Crippen molar-refractivity contribution in [1.82, 2.24) is 15.1 Å². The van der Waals surface area contributed by atoms with Gasteiger partial charge in [0.15, 0.2) is 0 Å². The van der Waals surface area contributed by atoms with E-state index in [4.69, 9.17) is 16.3 Å². The highest BCUT2D eigenvalue weighted by Crippen LogP contribution is 2.32. The molecule has 5 nitrogen and oxygen atoms in total. The van der Waals surface area contributed by atoms with Crippen LogP contribution in [0.2, 0.25) is 5.02 Å². The van der Waals surface area contributed by atoms with Gasteiger partial charge >= 0.3 is 6.03 Å². The van der Waals surface area contributed by atoms with Crippen LogP contribution in [-0.4, -0.2) is 61.8 Å². The number of ether oxygens (including phenoxy) is 1. The molecule has 0 saturated carbocycles. The van der Waals surface area contributed by atoms with Gasteiger partial charge in [0.1, 0.15) is 5.82 Å². The highest BCUT2D eigenvalue weighted by atomic mass is 35.5. The van der Waals surface area contributed by atoms with E-state index in [1.165, 1.54) is 6.07 Å². The lowest BCUT2D eigenvalue weighted by atomic mass is 10.00. The third-order valence-corrected chi connectivity index (χ3v) is 4.85. The summed E-state index contributed by atoms with van der Waals surface area (Å²) in [7, 11) is 1.98. The first-order chi connectivity index (χ1) is 11.1. The van der Waals surface area contributed by atoms with E-state index in [0.717, 1.165) is 18.5 Å². The lowest BCUT2D eigenvalue weighted by Gasteiger charge is -2.31. The summed E-state index contributed by atoms with van der Waals surface area (Å²) < 4.78 is 19.0. The third kappa shape index (κ3) is 3.59. The van der Waals surface area contributed by atoms with Crippen molar-refractivity contribution in [2.45, 2.75) is 18.5 Å². The summed E-state index contributed by atoms with van der Waals surface area (Å²) in [4.78, 5) is 16.3. The Balaban J connectivity index is 1.72. The number of amides is 2. The van der Waals surface area contributed by atoms with Crippen molar-refractivity contribution < 1.29 is 13.9 Å². The molecule has 2 saturated heterocycles. The van der Waals surface area contributed by atoms with Crippen LogP contribution < -0.4 is 5.32 Å². The van der Waals surface area contributed by atoms with E-state index in [0.29, 0.717) is 26.3 Å². The van der Waals surface area contributed by atoms with Crippen LogP contribution in [0, 0.1) is 5.82 Å². The molecule has 2 atom stereocenters. The van der Waals surface area contributed by atoms with E-state index in [-0.39, 0.29) is 23.1 Å². The Morgan fingerprint density at radius 3 is 2.78 bits per heavy atom. The Morgan fingerprint density at radius 1 is 1.35 bits per heavy atom. The van der Waals surface area contributed by atoms with Gasteiger partial charge in [0.25, 0.3) is 0 Å². The zero-order chi connectivity index (χ0) is 16.4. The first kappa shape index (κ1) is 16.5. The SMILES string of the molecule is CN1CC[C@H](NC(=O)N2CCOCC2)[C@@H]1c1ccc(Cl)c(F)c1. The first-order valence-corrected chi connectivity index (χ1v) is 8.22. The molecule has 0 bridgehead atoms. The average Bonchev–Trinajstić information content (AvgIpc) is 2.91. The molecule has 0 unspecified atom stereocenters. The van der Waals surface area contributed by atoms with Crippen molar-refractivity contribution in [3.63, 3.8) is 0 Å². The second-order valence-corrected chi connectivity index (χ2v) is 6.45. The topological polar surface area (TPSA) is 44.8 Å². The summed E-state index contributed by atoms with van der Waals surface area (Å²) in [5.74, 6) is -0.428. The third-order valence-electron chi connectivity index (χ3n) is 4.54. The maximum Gasteiger partial charge on any atom is 0.317 e. The van der Waals surface area contributed by atoms with E-state index in [1.54, 1.807) is 11.0 Å². The molecule has 2 heterocycles. The highest BCUT2D eigenvalue weighted by Gasteiger charge is 2.35. The number of halogens is 2. The van der Waals surface area contributed by atoms with Gasteiger partial charge in [-0.1, -0.05) is 17.7 Å². The minimum Gasteiger partial charge on any atom is -0.378 e. The summed E-state index contributed by atoms with van der Waals surface area (Å²) in [5, 5.41) is 3.21. The molecule has 3 rings (SSSR count). The molecular formula is C16H21ClFN3O2. The van der Waals surface area contributed by atoms with Crippen LogP contribution in [0.1, 0.15) is 18.0 Å². The van der Waals surface area contributed by atoms with E-state index in [2.05, 4.69) is 10.2 Å². The fraction of sp³-hybridized carbons (Fsp3) is 0.562. The van der Waals surface area contributed by atoms with Gasteiger partial charge in [-0.2, -0.15) is 0 Å². The van der Waals surface area contributed by atoms with Crippen molar-refractivity contribution in [3.05, 3.63) is 34.6 Å². The quantitative estimate of drug-likeness (QED) is 0.897. The Hall–Kier alpha value is -1.37. The molecule has 2 amide bonds. The van der Waals surface area contributed by atoms with Crippen molar-refractivity contribution in [3.8, 4) is 0 Å². The first-order valence-electron chi connectivity index (χ1n) is 7.84. The number of benzene rings is 1. The standard InChI is InChI=1S/C16H21ClFN3O2/c1-20-5-4-14(19-16(22)21-6-8-23-9-7-21)15(20)11-2-3-12(17)13(18)10-11/h2-3,10,14-15H,4-9H2,1H3,(H,19,22)/t14-,15-/m0/s1. The molecule has 1 aromatic rings. The van der Waals surface area contributed by atoms with Gasteiger partial charge in [0, 0.05) is 19.6 Å². The molecule has 0 spiro atoms. The molecule has 0 aromatic heterocycles. The normalized spacial score (nSPS) is 25.6. The fourth-order valence-electron chi connectivity index (χ4n) is 3.30. The zero-order valence-electron chi connectivity index (χ0n) is 13.1. The van der Waals surface area contributed by atoms with Gasteiger partial charge in [-0.25, -0.2) is 9.18 Å². The lowest BCUT2D eigenvalue weighted by molar-refractivity contribution is 0.0521.